The van der Waals surface area contributed by atoms with Crippen molar-refractivity contribution in [3.63, 3.8) is 0 Å². The zero-order valence-electron chi connectivity index (χ0n) is 17.0. The van der Waals surface area contributed by atoms with Crippen molar-refractivity contribution >= 4 is 11.0 Å². The van der Waals surface area contributed by atoms with Gasteiger partial charge in [-0.3, -0.25) is 0 Å². The Balaban J connectivity index is 2.41. The molecule has 0 atom stereocenters. The molecule has 0 fully saturated rings. The number of benzene rings is 1. The van der Waals surface area contributed by atoms with Gasteiger partial charge in [-0.25, -0.2) is 4.79 Å². The largest absolute Gasteiger partial charge is 0.422 e. The van der Waals surface area contributed by atoms with Crippen LogP contribution in [-0.4, -0.2) is 0 Å². The minimum atomic E-state index is -0.195. The lowest BCUT2D eigenvalue weighted by Gasteiger charge is -2.12. The van der Waals surface area contributed by atoms with E-state index in [4.69, 9.17) is 4.42 Å². The highest BCUT2D eigenvalue weighted by atomic mass is 16.4. The first-order valence-electron chi connectivity index (χ1n) is 10.8. The summed E-state index contributed by atoms with van der Waals surface area (Å²) >= 11 is 0. The second-order valence-corrected chi connectivity index (χ2v) is 7.59. The lowest BCUT2D eigenvalue weighted by atomic mass is 9.95. The van der Waals surface area contributed by atoms with Crippen LogP contribution in [0.1, 0.15) is 95.2 Å². The minimum absolute atomic E-state index is 0.195. The molecule has 0 N–H and O–H groups in total. The van der Waals surface area contributed by atoms with E-state index in [0.717, 1.165) is 37.7 Å². The SMILES string of the molecule is CCCCCc1cc(CCCCC)c2oc(=O)cc(CCCCC)c2c1. The van der Waals surface area contributed by atoms with Gasteiger partial charge < -0.3 is 4.42 Å². The molecule has 144 valence electrons. The van der Waals surface area contributed by atoms with Gasteiger partial charge in [-0.15, -0.1) is 0 Å². The van der Waals surface area contributed by atoms with Crippen LogP contribution in [0.5, 0.6) is 0 Å². The number of hydrogen-bond donors (Lipinski definition) is 0. The quantitative estimate of drug-likeness (QED) is 0.303. The lowest BCUT2D eigenvalue weighted by Crippen LogP contribution is -2.04. The van der Waals surface area contributed by atoms with Gasteiger partial charge in [-0.1, -0.05) is 65.4 Å². The van der Waals surface area contributed by atoms with Gasteiger partial charge in [0.1, 0.15) is 5.58 Å². The van der Waals surface area contributed by atoms with Crippen LogP contribution in [0.3, 0.4) is 0 Å². The van der Waals surface area contributed by atoms with E-state index in [0.29, 0.717) is 0 Å². The van der Waals surface area contributed by atoms with Gasteiger partial charge in [0.05, 0.1) is 0 Å². The molecule has 1 heterocycles. The Morgan fingerprint density at radius 1 is 0.692 bits per heavy atom. The molecule has 0 aliphatic heterocycles. The maximum absolute atomic E-state index is 12.1. The smallest absolute Gasteiger partial charge is 0.336 e. The standard InChI is InChI=1S/C24H36O2/c1-4-7-10-13-19-16-21(15-12-9-6-3)24-22(17-19)20(14-11-8-5-2)18-23(25)26-24/h16-18H,4-15H2,1-3H3. The summed E-state index contributed by atoms with van der Waals surface area (Å²) in [7, 11) is 0. The number of aryl methyl sites for hydroxylation is 3. The van der Waals surface area contributed by atoms with Crippen LogP contribution in [0.15, 0.2) is 27.4 Å². The van der Waals surface area contributed by atoms with Gasteiger partial charge in [0.25, 0.3) is 0 Å². The average molecular weight is 357 g/mol. The summed E-state index contributed by atoms with van der Waals surface area (Å²) in [6.07, 6.45) is 14.0. The van der Waals surface area contributed by atoms with Gasteiger partial charge >= 0.3 is 5.63 Å². The van der Waals surface area contributed by atoms with Crippen LogP contribution < -0.4 is 5.63 Å². The Bertz CT molecular complexity index is 727. The molecule has 2 nitrogen and oxygen atoms in total. The first-order valence-corrected chi connectivity index (χ1v) is 10.8. The van der Waals surface area contributed by atoms with Gasteiger partial charge in [-0.2, -0.15) is 0 Å². The van der Waals surface area contributed by atoms with E-state index in [1.165, 1.54) is 67.0 Å². The van der Waals surface area contributed by atoms with E-state index in [9.17, 15) is 4.79 Å². The molecule has 2 rings (SSSR count). The monoisotopic (exact) mass is 356 g/mol. The summed E-state index contributed by atoms with van der Waals surface area (Å²) in [4.78, 5) is 12.1. The lowest BCUT2D eigenvalue weighted by molar-refractivity contribution is 0.551. The van der Waals surface area contributed by atoms with E-state index < -0.39 is 0 Å². The number of fused-ring (bicyclic) bond motifs is 1. The third-order valence-corrected chi connectivity index (χ3v) is 5.23. The highest BCUT2D eigenvalue weighted by molar-refractivity contribution is 5.84. The van der Waals surface area contributed by atoms with Crippen LogP contribution >= 0.6 is 0 Å². The number of hydrogen-bond acceptors (Lipinski definition) is 2. The van der Waals surface area contributed by atoms with Crippen LogP contribution in [0.2, 0.25) is 0 Å². The molecule has 0 unspecified atom stereocenters. The third-order valence-electron chi connectivity index (χ3n) is 5.23. The summed E-state index contributed by atoms with van der Waals surface area (Å²) in [6, 6.07) is 6.31. The Morgan fingerprint density at radius 2 is 1.27 bits per heavy atom. The van der Waals surface area contributed by atoms with Crippen molar-refractivity contribution in [3.05, 3.63) is 45.3 Å². The van der Waals surface area contributed by atoms with Crippen molar-refractivity contribution in [2.75, 3.05) is 0 Å². The summed E-state index contributed by atoms with van der Waals surface area (Å²) in [6.45, 7) is 6.69. The highest BCUT2D eigenvalue weighted by Crippen LogP contribution is 2.27. The molecule has 0 saturated carbocycles. The fourth-order valence-corrected chi connectivity index (χ4v) is 3.71. The number of rotatable bonds is 12. The van der Waals surface area contributed by atoms with Crippen molar-refractivity contribution in [2.24, 2.45) is 0 Å². The maximum Gasteiger partial charge on any atom is 0.336 e. The Kier molecular flexibility index (Phi) is 8.94. The Morgan fingerprint density at radius 3 is 1.88 bits per heavy atom. The number of unbranched alkanes of at least 4 members (excludes halogenated alkanes) is 6. The average Bonchev–Trinajstić information content (AvgIpc) is 2.63. The van der Waals surface area contributed by atoms with E-state index in [1.807, 2.05) is 0 Å². The van der Waals surface area contributed by atoms with Crippen molar-refractivity contribution < 1.29 is 4.42 Å². The Hall–Kier alpha value is -1.57. The topological polar surface area (TPSA) is 30.2 Å². The zero-order chi connectivity index (χ0) is 18.8. The first-order chi connectivity index (χ1) is 12.7. The molecule has 1 aromatic carbocycles. The van der Waals surface area contributed by atoms with Crippen molar-refractivity contribution in [1.29, 1.82) is 0 Å². The minimum Gasteiger partial charge on any atom is -0.422 e. The molecule has 0 aliphatic carbocycles. The van der Waals surface area contributed by atoms with Crippen molar-refractivity contribution in [1.82, 2.24) is 0 Å². The predicted octanol–water partition coefficient (Wildman–Crippen LogP) is 6.99. The molecular formula is C24H36O2. The summed E-state index contributed by atoms with van der Waals surface area (Å²) in [5.74, 6) is 0. The second-order valence-electron chi connectivity index (χ2n) is 7.59. The van der Waals surface area contributed by atoms with E-state index in [-0.39, 0.29) is 5.63 Å². The fourth-order valence-electron chi connectivity index (χ4n) is 3.71. The molecule has 26 heavy (non-hydrogen) atoms. The molecule has 0 aliphatic rings. The molecule has 1 aromatic heterocycles. The van der Waals surface area contributed by atoms with Crippen LogP contribution in [0.25, 0.3) is 11.0 Å². The van der Waals surface area contributed by atoms with Gasteiger partial charge in [-0.05, 0) is 61.3 Å². The molecule has 0 radical (unpaired) electrons. The van der Waals surface area contributed by atoms with Gasteiger partial charge in [0, 0.05) is 11.5 Å². The first kappa shape index (κ1) is 20.7. The Labute approximate surface area is 159 Å². The molecule has 2 aromatic rings. The highest BCUT2D eigenvalue weighted by Gasteiger charge is 2.12. The molecule has 0 bridgehead atoms. The molecular weight excluding hydrogens is 320 g/mol. The van der Waals surface area contributed by atoms with Crippen LogP contribution in [0.4, 0.5) is 0 Å². The molecule has 0 spiro atoms. The van der Waals surface area contributed by atoms with Gasteiger partial charge in [0.2, 0.25) is 0 Å². The van der Waals surface area contributed by atoms with Crippen LogP contribution in [0, 0.1) is 0 Å². The fraction of sp³-hybridized carbons (Fsp3) is 0.625. The van der Waals surface area contributed by atoms with Crippen molar-refractivity contribution in [2.45, 2.75) is 97.8 Å². The normalized spacial score (nSPS) is 11.3. The molecule has 2 heteroatoms. The summed E-state index contributed by atoms with van der Waals surface area (Å²) < 4.78 is 5.70. The molecule has 0 amide bonds. The van der Waals surface area contributed by atoms with E-state index in [1.54, 1.807) is 6.07 Å². The zero-order valence-corrected chi connectivity index (χ0v) is 17.0. The predicted molar refractivity (Wildman–Crippen MR) is 112 cm³/mol. The molecule has 0 saturated heterocycles. The van der Waals surface area contributed by atoms with Crippen LogP contribution in [-0.2, 0) is 19.3 Å². The van der Waals surface area contributed by atoms with E-state index in [2.05, 4.69) is 32.9 Å². The third kappa shape index (κ3) is 6.00. The second kappa shape index (κ2) is 11.2. The summed E-state index contributed by atoms with van der Waals surface area (Å²) in [5, 5.41) is 1.18. The van der Waals surface area contributed by atoms with Crippen molar-refractivity contribution in [3.8, 4) is 0 Å². The van der Waals surface area contributed by atoms with E-state index >= 15 is 0 Å². The maximum atomic E-state index is 12.1. The summed E-state index contributed by atoms with van der Waals surface area (Å²) in [5.41, 5.74) is 4.47. The van der Waals surface area contributed by atoms with Gasteiger partial charge in [0.15, 0.2) is 0 Å².